The van der Waals surface area contributed by atoms with Crippen molar-refractivity contribution in [1.29, 1.82) is 0 Å². The number of hydrogen-bond donors (Lipinski definition) is 2. The van der Waals surface area contributed by atoms with Crippen LogP contribution in [0.3, 0.4) is 0 Å². The molecule has 74 valence electrons. The van der Waals surface area contributed by atoms with Crippen LogP contribution in [0.15, 0.2) is 0 Å². The van der Waals surface area contributed by atoms with Gasteiger partial charge in [0.15, 0.2) is 0 Å². The van der Waals surface area contributed by atoms with E-state index >= 15 is 0 Å². The normalized spacial score (nSPS) is 23.8. The van der Waals surface area contributed by atoms with Crippen molar-refractivity contribution in [2.45, 2.75) is 31.4 Å². The Bertz CT molecular complexity index is 189. The zero-order valence-corrected chi connectivity index (χ0v) is 7.23. The molecule has 1 aliphatic rings. The number of nitrogens with one attached hydrogen (secondary N) is 1. The van der Waals surface area contributed by atoms with Crippen molar-refractivity contribution in [3.8, 4) is 0 Å². The van der Waals surface area contributed by atoms with Gasteiger partial charge in [0.25, 0.3) is 0 Å². The molecule has 1 fully saturated rings. The van der Waals surface area contributed by atoms with Crippen molar-refractivity contribution in [3.63, 3.8) is 0 Å². The van der Waals surface area contributed by atoms with Crippen molar-refractivity contribution in [2.24, 2.45) is 0 Å². The molecule has 1 heterocycles. The summed E-state index contributed by atoms with van der Waals surface area (Å²) in [5.74, 6) is -0.921. The minimum absolute atomic E-state index is 0.0800. The summed E-state index contributed by atoms with van der Waals surface area (Å²) in [5.41, 5.74) is 0. The minimum Gasteiger partial charge on any atom is -0.481 e. The summed E-state index contributed by atoms with van der Waals surface area (Å²) in [6, 6.07) is -0.391. The van der Waals surface area contributed by atoms with Crippen molar-refractivity contribution in [1.82, 2.24) is 5.32 Å². The molecule has 0 saturated carbocycles. The Balaban J connectivity index is 2.44. The molecule has 0 aromatic rings. The van der Waals surface area contributed by atoms with Crippen molar-refractivity contribution >= 4 is 12.4 Å². The lowest BCUT2D eigenvalue weighted by molar-refractivity contribution is -0.138. The molecule has 1 amide bonds. The number of carbonyl (C=O) groups excluding carboxylic acids is 1. The predicted octanol–water partition coefficient (Wildman–Crippen LogP) is -0.245. The van der Waals surface area contributed by atoms with Gasteiger partial charge in [-0.3, -0.25) is 9.59 Å². The summed E-state index contributed by atoms with van der Waals surface area (Å²) in [6.07, 6.45) is 2.06. The van der Waals surface area contributed by atoms with Crippen LogP contribution in [0.4, 0.5) is 0 Å². The molecule has 0 aliphatic carbocycles. The lowest BCUT2D eigenvalue weighted by Gasteiger charge is -2.20. The maximum absolute atomic E-state index is 10.4. The molecule has 1 unspecified atom stereocenters. The SMILES string of the molecule is O=CN[C@@H](CC(=O)O)C1CCCO1. The average molecular weight is 187 g/mol. The zero-order chi connectivity index (χ0) is 9.68. The first-order chi connectivity index (χ1) is 6.24. The van der Waals surface area contributed by atoms with E-state index in [-0.39, 0.29) is 12.5 Å². The highest BCUT2D eigenvalue weighted by atomic mass is 16.5. The fraction of sp³-hybridized carbons (Fsp3) is 0.750. The van der Waals surface area contributed by atoms with E-state index in [0.29, 0.717) is 13.0 Å². The molecule has 2 atom stereocenters. The Morgan fingerprint density at radius 2 is 2.54 bits per heavy atom. The van der Waals surface area contributed by atoms with E-state index in [2.05, 4.69) is 5.32 Å². The van der Waals surface area contributed by atoms with Gasteiger partial charge in [-0.05, 0) is 12.8 Å². The van der Waals surface area contributed by atoms with Crippen LogP contribution in [0.25, 0.3) is 0 Å². The molecular weight excluding hydrogens is 174 g/mol. The van der Waals surface area contributed by atoms with Crippen LogP contribution in [0.5, 0.6) is 0 Å². The van der Waals surface area contributed by atoms with Crippen molar-refractivity contribution in [3.05, 3.63) is 0 Å². The largest absolute Gasteiger partial charge is 0.481 e. The molecule has 2 N–H and O–H groups in total. The van der Waals surface area contributed by atoms with E-state index in [9.17, 15) is 9.59 Å². The van der Waals surface area contributed by atoms with Crippen LogP contribution >= 0.6 is 0 Å². The van der Waals surface area contributed by atoms with E-state index in [1.165, 1.54) is 0 Å². The highest BCUT2D eigenvalue weighted by Gasteiger charge is 2.27. The third-order valence-electron chi connectivity index (χ3n) is 2.09. The molecule has 0 radical (unpaired) electrons. The monoisotopic (exact) mass is 187 g/mol. The topological polar surface area (TPSA) is 75.6 Å². The first-order valence-electron chi connectivity index (χ1n) is 4.27. The average Bonchev–Trinajstić information content (AvgIpc) is 2.54. The van der Waals surface area contributed by atoms with Gasteiger partial charge in [0.1, 0.15) is 0 Å². The number of aliphatic carboxylic acids is 1. The third-order valence-corrected chi connectivity index (χ3v) is 2.09. The van der Waals surface area contributed by atoms with Gasteiger partial charge in [-0.15, -0.1) is 0 Å². The van der Waals surface area contributed by atoms with Crippen LogP contribution < -0.4 is 5.32 Å². The van der Waals surface area contributed by atoms with E-state index in [0.717, 1.165) is 12.8 Å². The molecular formula is C8H13NO4. The first-order valence-corrected chi connectivity index (χ1v) is 4.27. The van der Waals surface area contributed by atoms with Gasteiger partial charge in [0, 0.05) is 6.61 Å². The molecule has 13 heavy (non-hydrogen) atoms. The Kier molecular flexibility index (Phi) is 3.70. The van der Waals surface area contributed by atoms with E-state index in [1.54, 1.807) is 0 Å². The summed E-state index contributed by atoms with van der Waals surface area (Å²) in [5, 5.41) is 11.0. The summed E-state index contributed by atoms with van der Waals surface area (Å²) in [7, 11) is 0. The summed E-state index contributed by atoms with van der Waals surface area (Å²) in [4.78, 5) is 20.6. The number of carbonyl (C=O) groups is 2. The number of hydrogen-bond acceptors (Lipinski definition) is 3. The smallest absolute Gasteiger partial charge is 0.305 e. The van der Waals surface area contributed by atoms with Crippen LogP contribution in [0.1, 0.15) is 19.3 Å². The van der Waals surface area contributed by atoms with Gasteiger partial charge in [0.05, 0.1) is 18.6 Å². The standard InChI is InChI=1S/C8H13NO4/c10-5-9-6(4-8(11)12)7-2-1-3-13-7/h5-7H,1-4H2,(H,9,10)(H,11,12)/t6-,7?/m0/s1. The molecule has 1 rings (SSSR count). The van der Waals surface area contributed by atoms with E-state index in [1.807, 2.05) is 0 Å². The Morgan fingerprint density at radius 1 is 1.77 bits per heavy atom. The Hall–Kier alpha value is -1.10. The molecule has 0 aromatic carbocycles. The lowest BCUT2D eigenvalue weighted by atomic mass is 10.1. The molecule has 5 nitrogen and oxygen atoms in total. The second-order valence-corrected chi connectivity index (χ2v) is 3.04. The minimum atomic E-state index is -0.921. The number of amides is 1. The second-order valence-electron chi connectivity index (χ2n) is 3.04. The van der Waals surface area contributed by atoms with Crippen LogP contribution in [-0.4, -0.2) is 36.2 Å². The molecule has 0 spiro atoms. The second kappa shape index (κ2) is 4.81. The Labute approximate surface area is 76.1 Å². The summed E-state index contributed by atoms with van der Waals surface area (Å²) < 4.78 is 5.28. The molecule has 0 bridgehead atoms. The van der Waals surface area contributed by atoms with Gasteiger partial charge in [0.2, 0.25) is 6.41 Å². The maximum Gasteiger partial charge on any atom is 0.305 e. The summed E-state index contributed by atoms with van der Waals surface area (Å²) in [6.45, 7) is 0.654. The van der Waals surface area contributed by atoms with E-state index < -0.39 is 12.0 Å². The third kappa shape index (κ3) is 3.02. The van der Waals surface area contributed by atoms with Gasteiger partial charge < -0.3 is 15.2 Å². The highest BCUT2D eigenvalue weighted by Crippen LogP contribution is 2.17. The fourth-order valence-corrected chi connectivity index (χ4v) is 1.49. The number of carboxylic acid groups (broad SMARTS) is 1. The molecule has 5 heteroatoms. The predicted molar refractivity (Wildman–Crippen MR) is 44.2 cm³/mol. The maximum atomic E-state index is 10.4. The van der Waals surface area contributed by atoms with Crippen LogP contribution in [0, 0.1) is 0 Å². The first kappa shape index (κ1) is 9.98. The fourth-order valence-electron chi connectivity index (χ4n) is 1.49. The highest BCUT2D eigenvalue weighted by molar-refractivity contribution is 5.68. The quantitative estimate of drug-likeness (QED) is 0.582. The number of rotatable bonds is 5. The number of carboxylic acids is 1. The van der Waals surface area contributed by atoms with E-state index in [4.69, 9.17) is 9.84 Å². The van der Waals surface area contributed by atoms with Gasteiger partial charge in [-0.25, -0.2) is 0 Å². The van der Waals surface area contributed by atoms with Crippen molar-refractivity contribution < 1.29 is 19.4 Å². The van der Waals surface area contributed by atoms with Gasteiger partial charge in [-0.1, -0.05) is 0 Å². The number of ether oxygens (including phenoxy) is 1. The molecule has 1 aliphatic heterocycles. The van der Waals surface area contributed by atoms with Crippen LogP contribution in [0.2, 0.25) is 0 Å². The van der Waals surface area contributed by atoms with Gasteiger partial charge >= 0.3 is 5.97 Å². The molecule has 0 aromatic heterocycles. The zero-order valence-electron chi connectivity index (χ0n) is 7.23. The lowest BCUT2D eigenvalue weighted by Crippen LogP contribution is -2.40. The van der Waals surface area contributed by atoms with Crippen LogP contribution in [-0.2, 0) is 14.3 Å². The summed E-state index contributed by atoms with van der Waals surface area (Å²) >= 11 is 0. The van der Waals surface area contributed by atoms with Gasteiger partial charge in [-0.2, -0.15) is 0 Å². The van der Waals surface area contributed by atoms with Crippen molar-refractivity contribution in [2.75, 3.05) is 6.61 Å². The Morgan fingerprint density at radius 3 is 3.00 bits per heavy atom. The molecule has 1 saturated heterocycles.